The summed E-state index contributed by atoms with van der Waals surface area (Å²) in [4.78, 5) is 11.6. The highest BCUT2D eigenvalue weighted by atomic mass is 16.6. The Bertz CT molecular complexity index is 494. The van der Waals surface area contributed by atoms with Crippen LogP contribution in [0.15, 0.2) is 12.8 Å². The Morgan fingerprint density at radius 1 is 0.487 bits per heavy atom. The van der Waals surface area contributed by atoms with Crippen LogP contribution < -0.4 is 0 Å². The maximum atomic E-state index is 11.6. The van der Waals surface area contributed by atoms with Crippen molar-refractivity contribution in [2.24, 2.45) is 0 Å². The van der Waals surface area contributed by atoms with Crippen LogP contribution in [0.25, 0.3) is 0 Å². The van der Waals surface area contributed by atoms with E-state index in [4.69, 9.17) is 47.4 Å². The molecule has 0 bridgehead atoms. The Morgan fingerprint density at radius 2 is 0.821 bits per heavy atom. The first-order chi connectivity index (χ1) is 19.3. The molecule has 0 rings (SSSR count). The second kappa shape index (κ2) is 34.7. The van der Waals surface area contributed by atoms with E-state index in [1.807, 2.05) is 0 Å². The average molecular weight is 567 g/mol. The number of unbranched alkanes of at least 4 members (excludes halogenated alkanes) is 4. The van der Waals surface area contributed by atoms with E-state index in [9.17, 15) is 4.79 Å². The van der Waals surface area contributed by atoms with Crippen molar-refractivity contribution < 1.29 is 52.2 Å². The Kier molecular flexibility index (Phi) is 33.6. The quantitative estimate of drug-likeness (QED) is 0.0651. The normalized spacial score (nSPS) is 11.1. The first kappa shape index (κ1) is 37.7. The highest BCUT2D eigenvalue weighted by molar-refractivity contribution is 5.69. The van der Waals surface area contributed by atoms with Crippen LogP contribution in [0.1, 0.15) is 45.4 Å². The monoisotopic (exact) mass is 566 g/mol. The molecule has 0 aromatic heterocycles. The van der Waals surface area contributed by atoms with Crippen molar-refractivity contribution in [3.8, 4) is 0 Å². The van der Waals surface area contributed by atoms with Crippen molar-refractivity contribution in [2.45, 2.75) is 45.4 Å². The molecule has 0 aliphatic carbocycles. The topological polar surface area (TPSA) is 109 Å². The van der Waals surface area contributed by atoms with Crippen molar-refractivity contribution >= 4 is 5.97 Å². The van der Waals surface area contributed by atoms with Gasteiger partial charge in [0.2, 0.25) is 0 Å². The molecular formula is C28H54O11. The van der Waals surface area contributed by atoms with Gasteiger partial charge in [-0.2, -0.15) is 0 Å². The number of rotatable bonds is 34. The summed E-state index contributed by atoms with van der Waals surface area (Å²) in [6.45, 7) is 14.4. The second-order valence-corrected chi connectivity index (χ2v) is 8.32. The lowest BCUT2D eigenvalue weighted by molar-refractivity contribution is -0.145. The van der Waals surface area contributed by atoms with Crippen molar-refractivity contribution in [3.63, 3.8) is 0 Å². The van der Waals surface area contributed by atoms with Gasteiger partial charge in [-0.15, -0.1) is 0 Å². The molecule has 232 valence electrons. The van der Waals surface area contributed by atoms with Gasteiger partial charge in [0.05, 0.1) is 112 Å². The van der Waals surface area contributed by atoms with Gasteiger partial charge < -0.3 is 47.4 Å². The third-order valence-corrected chi connectivity index (χ3v) is 5.04. The molecular weight excluding hydrogens is 512 g/mol. The van der Waals surface area contributed by atoms with Crippen molar-refractivity contribution in [3.05, 3.63) is 12.8 Å². The first-order valence-electron chi connectivity index (χ1n) is 14.3. The summed E-state index contributed by atoms with van der Waals surface area (Å²) in [5, 5.41) is 0. The number of hydrogen-bond acceptors (Lipinski definition) is 11. The van der Waals surface area contributed by atoms with Crippen molar-refractivity contribution in [1.82, 2.24) is 0 Å². The fourth-order valence-electron chi connectivity index (χ4n) is 2.99. The standard InChI is InChI=1S/C28H54O11/c1-3-5-6-7-8-9-28(29)39-27-26-38-25-24-37-23-22-36-21-20-35-19-18-34-17-16-33-15-14-32-13-12-31-11-10-30-4-2/h4H,2-3,5-27H2,1H3. The SMILES string of the molecule is C=COCCOCCOCCOCCOCCOCCOCCOCCOCCOC(=O)CCCCCCC. The van der Waals surface area contributed by atoms with E-state index < -0.39 is 0 Å². The predicted molar refractivity (Wildman–Crippen MR) is 147 cm³/mol. The smallest absolute Gasteiger partial charge is 0.305 e. The van der Waals surface area contributed by atoms with E-state index in [1.165, 1.54) is 25.5 Å². The van der Waals surface area contributed by atoms with Crippen molar-refractivity contribution in [1.29, 1.82) is 0 Å². The lowest BCUT2D eigenvalue weighted by atomic mass is 10.1. The molecule has 39 heavy (non-hydrogen) atoms. The van der Waals surface area contributed by atoms with Gasteiger partial charge in [-0.05, 0) is 6.42 Å². The van der Waals surface area contributed by atoms with Crippen LogP contribution in [0.4, 0.5) is 0 Å². The summed E-state index contributed by atoms with van der Waals surface area (Å²) in [6, 6.07) is 0. The Hall–Kier alpha value is -1.31. The minimum Gasteiger partial charge on any atom is -0.499 e. The van der Waals surface area contributed by atoms with Gasteiger partial charge in [-0.3, -0.25) is 4.79 Å². The molecule has 0 N–H and O–H groups in total. The summed E-state index contributed by atoms with van der Waals surface area (Å²) in [6.07, 6.45) is 7.48. The fraction of sp³-hybridized carbons (Fsp3) is 0.893. The Labute approximate surface area is 235 Å². The molecule has 0 aliphatic heterocycles. The van der Waals surface area contributed by atoms with Gasteiger partial charge in [0.1, 0.15) is 13.2 Å². The zero-order valence-corrected chi connectivity index (χ0v) is 24.2. The fourth-order valence-corrected chi connectivity index (χ4v) is 2.99. The number of carbonyl (C=O) groups excluding carboxylic acids is 1. The van der Waals surface area contributed by atoms with Crippen LogP contribution in [-0.2, 0) is 52.2 Å². The van der Waals surface area contributed by atoms with E-state index >= 15 is 0 Å². The molecule has 0 unspecified atom stereocenters. The third-order valence-electron chi connectivity index (χ3n) is 5.04. The summed E-state index contributed by atoms with van der Waals surface area (Å²) in [5.74, 6) is -0.146. The van der Waals surface area contributed by atoms with Gasteiger partial charge >= 0.3 is 5.97 Å². The van der Waals surface area contributed by atoms with E-state index in [-0.39, 0.29) is 12.6 Å². The maximum absolute atomic E-state index is 11.6. The molecule has 0 saturated carbocycles. The largest absolute Gasteiger partial charge is 0.499 e. The molecule has 0 heterocycles. The highest BCUT2D eigenvalue weighted by Crippen LogP contribution is 2.05. The number of esters is 1. The molecule has 0 saturated heterocycles. The molecule has 0 atom stereocenters. The molecule has 0 amide bonds. The lowest BCUT2D eigenvalue weighted by Crippen LogP contribution is -2.15. The molecule has 0 aliphatic rings. The molecule has 0 aromatic carbocycles. The zero-order chi connectivity index (χ0) is 28.3. The number of hydrogen-bond donors (Lipinski definition) is 0. The molecule has 0 spiro atoms. The lowest BCUT2D eigenvalue weighted by Gasteiger charge is -2.09. The van der Waals surface area contributed by atoms with Crippen LogP contribution >= 0.6 is 0 Å². The minimum atomic E-state index is -0.146. The van der Waals surface area contributed by atoms with Crippen LogP contribution in [0.5, 0.6) is 0 Å². The van der Waals surface area contributed by atoms with E-state index in [1.54, 1.807) is 0 Å². The number of carbonyl (C=O) groups is 1. The molecule has 11 nitrogen and oxygen atoms in total. The summed E-state index contributed by atoms with van der Waals surface area (Å²) >= 11 is 0. The Morgan fingerprint density at radius 3 is 1.18 bits per heavy atom. The predicted octanol–water partition coefficient (Wildman–Crippen LogP) is 3.18. The first-order valence-corrected chi connectivity index (χ1v) is 14.3. The van der Waals surface area contributed by atoms with Crippen LogP contribution in [0.2, 0.25) is 0 Å². The summed E-state index contributed by atoms with van der Waals surface area (Å²) in [5.41, 5.74) is 0. The van der Waals surface area contributed by atoms with Crippen molar-refractivity contribution in [2.75, 3.05) is 119 Å². The van der Waals surface area contributed by atoms with Crippen LogP contribution in [0, 0.1) is 0 Å². The Balaban J connectivity index is 3.08. The van der Waals surface area contributed by atoms with E-state index in [2.05, 4.69) is 13.5 Å². The third kappa shape index (κ3) is 34.7. The van der Waals surface area contributed by atoms with Gasteiger partial charge in [0.15, 0.2) is 0 Å². The van der Waals surface area contributed by atoms with E-state index in [0.29, 0.717) is 119 Å². The van der Waals surface area contributed by atoms with Gasteiger partial charge in [-0.1, -0.05) is 39.2 Å². The summed E-state index contributed by atoms with van der Waals surface area (Å²) in [7, 11) is 0. The van der Waals surface area contributed by atoms with Gasteiger partial charge in [-0.25, -0.2) is 0 Å². The molecule has 0 fully saturated rings. The maximum Gasteiger partial charge on any atom is 0.305 e. The molecule has 0 aromatic rings. The number of ether oxygens (including phenoxy) is 10. The minimum absolute atomic E-state index is 0.146. The zero-order valence-electron chi connectivity index (χ0n) is 24.2. The average Bonchev–Trinajstić information content (AvgIpc) is 2.94. The second-order valence-electron chi connectivity index (χ2n) is 8.32. The van der Waals surface area contributed by atoms with Gasteiger partial charge in [0, 0.05) is 6.42 Å². The van der Waals surface area contributed by atoms with E-state index in [0.717, 1.165) is 12.8 Å². The highest BCUT2D eigenvalue weighted by Gasteiger charge is 2.02. The van der Waals surface area contributed by atoms with Gasteiger partial charge in [0.25, 0.3) is 0 Å². The molecule has 0 radical (unpaired) electrons. The van der Waals surface area contributed by atoms with Crippen LogP contribution in [-0.4, -0.2) is 125 Å². The van der Waals surface area contributed by atoms with Crippen LogP contribution in [0.3, 0.4) is 0 Å². The molecule has 11 heteroatoms. The summed E-state index contributed by atoms with van der Waals surface area (Å²) < 4.78 is 53.4.